The lowest BCUT2D eigenvalue weighted by Gasteiger charge is -2.22. The highest BCUT2D eigenvalue weighted by Crippen LogP contribution is 2.35. The molecule has 1 aromatic heterocycles. The molecule has 0 saturated heterocycles. The second kappa shape index (κ2) is 6.33. The predicted molar refractivity (Wildman–Crippen MR) is 92.3 cm³/mol. The molecule has 0 amide bonds. The van der Waals surface area contributed by atoms with Gasteiger partial charge in [-0.3, -0.25) is 0 Å². The van der Waals surface area contributed by atoms with Crippen LogP contribution in [0.2, 0.25) is 0 Å². The van der Waals surface area contributed by atoms with Crippen LogP contribution in [-0.4, -0.2) is 23.9 Å². The predicted octanol–water partition coefficient (Wildman–Crippen LogP) is 3.77. The van der Waals surface area contributed by atoms with Crippen LogP contribution in [0.15, 0.2) is 33.7 Å². The summed E-state index contributed by atoms with van der Waals surface area (Å²) in [6, 6.07) is 8.27. The quantitative estimate of drug-likeness (QED) is 0.797. The van der Waals surface area contributed by atoms with E-state index in [-0.39, 0.29) is 10.9 Å². The van der Waals surface area contributed by atoms with Gasteiger partial charge in [-0.2, -0.15) is 4.31 Å². The molecule has 1 aromatic carbocycles. The van der Waals surface area contributed by atoms with Gasteiger partial charge in [0.25, 0.3) is 0 Å². The molecule has 1 aliphatic carbocycles. The molecule has 0 bridgehead atoms. The molecule has 0 unspecified atom stereocenters. The van der Waals surface area contributed by atoms with E-state index in [9.17, 15) is 8.42 Å². The van der Waals surface area contributed by atoms with Crippen LogP contribution < -0.4 is 0 Å². The molecule has 1 saturated carbocycles. The van der Waals surface area contributed by atoms with Crippen molar-refractivity contribution in [2.24, 2.45) is 0 Å². The van der Waals surface area contributed by atoms with Crippen LogP contribution in [-0.2, 0) is 16.6 Å². The third kappa shape index (κ3) is 3.26. The van der Waals surface area contributed by atoms with Crippen molar-refractivity contribution in [3.63, 3.8) is 0 Å². The van der Waals surface area contributed by atoms with E-state index in [2.05, 4.69) is 31.1 Å². The van der Waals surface area contributed by atoms with E-state index < -0.39 is 10.0 Å². The van der Waals surface area contributed by atoms with E-state index in [4.69, 9.17) is 4.52 Å². The van der Waals surface area contributed by atoms with Gasteiger partial charge >= 0.3 is 0 Å². The normalized spacial score (nSPS) is 15.4. The summed E-state index contributed by atoms with van der Waals surface area (Å²) in [6.07, 6.45) is 1.82. The summed E-state index contributed by atoms with van der Waals surface area (Å²) in [6.45, 7) is 8.00. The van der Waals surface area contributed by atoms with E-state index in [1.165, 1.54) is 5.56 Å². The monoisotopic (exact) mass is 348 g/mol. The van der Waals surface area contributed by atoms with Crippen LogP contribution in [0.1, 0.15) is 55.2 Å². The Morgan fingerprint density at radius 1 is 1.21 bits per heavy atom. The average molecular weight is 348 g/mol. The fourth-order valence-electron chi connectivity index (χ4n) is 2.92. The van der Waals surface area contributed by atoms with Gasteiger partial charge in [-0.1, -0.05) is 43.3 Å². The average Bonchev–Trinajstić information content (AvgIpc) is 3.29. The van der Waals surface area contributed by atoms with Gasteiger partial charge in [-0.15, -0.1) is 0 Å². The molecule has 1 heterocycles. The minimum absolute atomic E-state index is 0.0773. The van der Waals surface area contributed by atoms with E-state index >= 15 is 0 Å². The van der Waals surface area contributed by atoms with Crippen molar-refractivity contribution in [3.8, 4) is 0 Å². The van der Waals surface area contributed by atoms with E-state index in [0.29, 0.717) is 23.9 Å². The molecule has 24 heavy (non-hydrogen) atoms. The second-order valence-electron chi connectivity index (χ2n) is 6.83. The van der Waals surface area contributed by atoms with Gasteiger partial charge in [0.2, 0.25) is 10.0 Å². The van der Waals surface area contributed by atoms with Crippen molar-refractivity contribution < 1.29 is 12.9 Å². The highest BCUT2D eigenvalue weighted by atomic mass is 32.2. The summed E-state index contributed by atoms with van der Waals surface area (Å²) in [4.78, 5) is 0.216. The van der Waals surface area contributed by atoms with Crippen molar-refractivity contribution in [3.05, 3.63) is 46.8 Å². The topological polar surface area (TPSA) is 63.4 Å². The van der Waals surface area contributed by atoms with Gasteiger partial charge in [0.1, 0.15) is 10.6 Å². The maximum atomic E-state index is 13.1. The summed E-state index contributed by atoms with van der Waals surface area (Å²) >= 11 is 0. The Hall–Kier alpha value is -1.66. The van der Waals surface area contributed by atoms with Gasteiger partial charge in [0.05, 0.1) is 0 Å². The number of sulfonamides is 1. The van der Waals surface area contributed by atoms with Crippen LogP contribution in [0.4, 0.5) is 0 Å². The molecule has 5 nitrogen and oxygen atoms in total. The van der Waals surface area contributed by atoms with Crippen molar-refractivity contribution in [1.29, 1.82) is 0 Å². The Labute approximate surface area is 143 Å². The molecule has 2 aromatic rings. The fraction of sp³-hybridized carbons (Fsp3) is 0.500. The van der Waals surface area contributed by atoms with Crippen LogP contribution in [0, 0.1) is 13.8 Å². The molecule has 6 heteroatoms. The lowest BCUT2D eigenvalue weighted by Crippen LogP contribution is -2.33. The van der Waals surface area contributed by atoms with Gasteiger partial charge < -0.3 is 4.52 Å². The van der Waals surface area contributed by atoms with Crippen LogP contribution in [0.25, 0.3) is 0 Å². The SMILES string of the molecule is Cc1noc(C)c1S(=O)(=O)N(Cc1ccc(C(C)C)cc1)C1CC1. The Balaban J connectivity index is 1.90. The fourth-order valence-corrected chi connectivity index (χ4v) is 4.89. The number of rotatable bonds is 6. The van der Waals surface area contributed by atoms with E-state index in [1.807, 2.05) is 12.1 Å². The maximum absolute atomic E-state index is 13.1. The first kappa shape index (κ1) is 17.2. The van der Waals surface area contributed by atoms with E-state index in [1.54, 1.807) is 18.2 Å². The van der Waals surface area contributed by atoms with Crippen molar-refractivity contribution in [1.82, 2.24) is 9.46 Å². The molecular weight excluding hydrogens is 324 g/mol. The van der Waals surface area contributed by atoms with Crippen molar-refractivity contribution in [2.75, 3.05) is 0 Å². The Bertz CT molecular complexity index is 799. The van der Waals surface area contributed by atoms with Crippen LogP contribution >= 0.6 is 0 Å². The molecule has 0 atom stereocenters. The molecule has 1 fully saturated rings. The number of aromatic nitrogens is 1. The lowest BCUT2D eigenvalue weighted by molar-refractivity contribution is 0.384. The molecule has 0 radical (unpaired) electrons. The lowest BCUT2D eigenvalue weighted by atomic mass is 10.0. The zero-order chi connectivity index (χ0) is 17.5. The number of aryl methyl sites for hydroxylation is 2. The van der Waals surface area contributed by atoms with Gasteiger partial charge in [-0.05, 0) is 43.7 Å². The first-order valence-corrected chi connectivity index (χ1v) is 9.78. The standard InChI is InChI=1S/C18H24N2O3S/c1-12(2)16-7-5-15(6-8-16)11-20(17-9-10-17)24(21,22)18-13(3)19-23-14(18)4/h5-8,12,17H,9-11H2,1-4H3. The molecular formula is C18H24N2O3S. The van der Waals surface area contributed by atoms with Gasteiger partial charge in [0, 0.05) is 12.6 Å². The Kier molecular flexibility index (Phi) is 4.53. The Morgan fingerprint density at radius 2 is 1.83 bits per heavy atom. The molecule has 130 valence electrons. The summed E-state index contributed by atoms with van der Waals surface area (Å²) < 4.78 is 32.9. The summed E-state index contributed by atoms with van der Waals surface area (Å²) in [7, 11) is -3.60. The molecule has 0 spiro atoms. The molecule has 3 rings (SSSR count). The molecule has 0 N–H and O–H groups in total. The first-order chi connectivity index (χ1) is 11.3. The van der Waals surface area contributed by atoms with Gasteiger partial charge in [-0.25, -0.2) is 8.42 Å². The van der Waals surface area contributed by atoms with Gasteiger partial charge in [0.15, 0.2) is 5.76 Å². The third-order valence-electron chi connectivity index (χ3n) is 4.47. The molecule has 1 aliphatic rings. The maximum Gasteiger partial charge on any atom is 0.249 e. The number of hydrogen-bond acceptors (Lipinski definition) is 4. The zero-order valence-electron chi connectivity index (χ0n) is 14.6. The number of nitrogens with zero attached hydrogens (tertiary/aromatic N) is 2. The second-order valence-corrected chi connectivity index (χ2v) is 8.66. The zero-order valence-corrected chi connectivity index (χ0v) is 15.4. The summed E-state index contributed by atoms with van der Waals surface area (Å²) in [5.41, 5.74) is 2.68. The minimum atomic E-state index is -3.60. The first-order valence-electron chi connectivity index (χ1n) is 8.34. The van der Waals surface area contributed by atoms with E-state index in [0.717, 1.165) is 18.4 Å². The Morgan fingerprint density at radius 3 is 2.29 bits per heavy atom. The smallest absolute Gasteiger partial charge is 0.249 e. The highest BCUT2D eigenvalue weighted by Gasteiger charge is 2.40. The number of benzene rings is 1. The highest BCUT2D eigenvalue weighted by molar-refractivity contribution is 7.89. The summed E-state index contributed by atoms with van der Waals surface area (Å²) in [5, 5.41) is 3.80. The minimum Gasteiger partial charge on any atom is -0.360 e. The van der Waals surface area contributed by atoms with Crippen molar-refractivity contribution in [2.45, 2.75) is 63.9 Å². The number of hydrogen-bond donors (Lipinski definition) is 0. The van der Waals surface area contributed by atoms with Crippen molar-refractivity contribution >= 4 is 10.0 Å². The third-order valence-corrected chi connectivity index (χ3v) is 6.62. The van der Waals surface area contributed by atoms with Crippen LogP contribution in [0.5, 0.6) is 0 Å². The summed E-state index contributed by atoms with van der Waals surface area (Å²) in [5.74, 6) is 0.818. The molecule has 0 aliphatic heterocycles. The largest absolute Gasteiger partial charge is 0.360 e. The van der Waals surface area contributed by atoms with Crippen LogP contribution in [0.3, 0.4) is 0 Å².